The Hall–Kier alpha value is -2.79. The predicted molar refractivity (Wildman–Crippen MR) is 119 cm³/mol. The Morgan fingerprint density at radius 3 is 2.33 bits per heavy atom. The third-order valence-corrected chi connectivity index (χ3v) is 6.01. The van der Waals surface area contributed by atoms with E-state index < -0.39 is 0 Å². The van der Waals surface area contributed by atoms with Crippen molar-refractivity contribution in [3.8, 4) is 11.5 Å². The van der Waals surface area contributed by atoms with Gasteiger partial charge in [-0.1, -0.05) is 24.3 Å². The summed E-state index contributed by atoms with van der Waals surface area (Å²) in [5.41, 5.74) is 4.32. The highest BCUT2D eigenvalue weighted by molar-refractivity contribution is 6.27. The first kappa shape index (κ1) is 20.5. The summed E-state index contributed by atoms with van der Waals surface area (Å²) in [7, 11) is 3.31. The lowest BCUT2D eigenvalue weighted by atomic mass is 9.77. The number of methoxy groups -OCH3 is 2. The summed E-state index contributed by atoms with van der Waals surface area (Å²) in [5, 5.41) is 6.37. The lowest BCUT2D eigenvalue weighted by molar-refractivity contribution is -0.130. The smallest absolute Gasteiger partial charge is 0.258 e. The van der Waals surface area contributed by atoms with Crippen LogP contribution < -0.4 is 9.47 Å². The molecule has 6 heteroatoms. The number of fused-ring (bicyclic) bond motifs is 1. The molecule has 1 aliphatic carbocycles. The van der Waals surface area contributed by atoms with Crippen LogP contribution in [0.4, 0.5) is 0 Å². The lowest BCUT2D eigenvalue weighted by Gasteiger charge is -2.29. The van der Waals surface area contributed by atoms with Crippen LogP contribution in [0.15, 0.2) is 59.2 Å². The standard InChI is InChI=1S/C24H25ClN2O3/c1-29-19-10-6-16(7-11-19)14-18-4-3-5-21-23(18)26-27(22(28)15-25)24(21)17-8-12-20(30-2)13-9-17/h6-14,21,24H,3-5,15H2,1-2H3/b18-14-. The first-order valence-electron chi connectivity index (χ1n) is 10.1. The van der Waals surface area contributed by atoms with Gasteiger partial charge in [0.1, 0.15) is 17.4 Å². The number of carbonyl (C=O) groups is 1. The fourth-order valence-electron chi connectivity index (χ4n) is 4.30. The van der Waals surface area contributed by atoms with E-state index in [2.05, 4.69) is 6.08 Å². The number of alkyl halides is 1. The normalized spacial score (nSPS) is 21.9. The highest BCUT2D eigenvalue weighted by atomic mass is 35.5. The number of hydrogen-bond acceptors (Lipinski definition) is 4. The number of nitrogens with zero attached hydrogens (tertiary/aromatic N) is 2. The zero-order valence-electron chi connectivity index (χ0n) is 17.2. The Kier molecular flexibility index (Phi) is 6.09. The van der Waals surface area contributed by atoms with Crippen molar-refractivity contribution in [2.45, 2.75) is 25.3 Å². The second-order valence-corrected chi connectivity index (χ2v) is 7.78. The van der Waals surface area contributed by atoms with Crippen molar-refractivity contribution in [1.82, 2.24) is 5.01 Å². The minimum atomic E-state index is -0.178. The summed E-state index contributed by atoms with van der Waals surface area (Å²) < 4.78 is 10.5. The third kappa shape index (κ3) is 3.94. The van der Waals surface area contributed by atoms with Crippen molar-refractivity contribution in [2.75, 3.05) is 20.1 Å². The minimum Gasteiger partial charge on any atom is -0.497 e. The SMILES string of the molecule is COc1ccc(/C=C2/CCCC3C2=NN(C(=O)CCl)C3c2ccc(OC)cc2)cc1. The average molecular weight is 425 g/mol. The summed E-state index contributed by atoms with van der Waals surface area (Å²) in [5.74, 6) is 1.51. The van der Waals surface area contributed by atoms with E-state index in [9.17, 15) is 4.79 Å². The van der Waals surface area contributed by atoms with Gasteiger partial charge in [-0.2, -0.15) is 5.10 Å². The summed E-state index contributed by atoms with van der Waals surface area (Å²) >= 11 is 5.92. The van der Waals surface area contributed by atoms with Gasteiger partial charge >= 0.3 is 0 Å². The molecule has 2 aromatic rings. The molecule has 5 nitrogen and oxygen atoms in total. The monoisotopic (exact) mass is 424 g/mol. The molecular weight excluding hydrogens is 400 g/mol. The number of benzene rings is 2. The average Bonchev–Trinajstić information content (AvgIpc) is 3.20. The number of amides is 1. The van der Waals surface area contributed by atoms with Crippen LogP contribution in [0.1, 0.15) is 36.4 Å². The van der Waals surface area contributed by atoms with Gasteiger partial charge in [0.25, 0.3) is 5.91 Å². The van der Waals surface area contributed by atoms with Crippen LogP contribution >= 0.6 is 11.6 Å². The maximum Gasteiger partial charge on any atom is 0.258 e. The molecule has 2 aliphatic rings. The number of rotatable bonds is 5. The molecule has 1 aliphatic heterocycles. The van der Waals surface area contributed by atoms with Crippen molar-refractivity contribution < 1.29 is 14.3 Å². The van der Waals surface area contributed by atoms with Gasteiger partial charge in [0.05, 0.1) is 26.0 Å². The molecule has 4 rings (SSSR count). The largest absolute Gasteiger partial charge is 0.497 e. The van der Waals surface area contributed by atoms with Crippen LogP contribution in [0.25, 0.3) is 6.08 Å². The van der Waals surface area contributed by atoms with Gasteiger partial charge < -0.3 is 9.47 Å². The van der Waals surface area contributed by atoms with Crippen molar-refractivity contribution in [1.29, 1.82) is 0 Å². The fourth-order valence-corrected chi connectivity index (χ4v) is 4.43. The van der Waals surface area contributed by atoms with Crippen molar-refractivity contribution in [3.63, 3.8) is 0 Å². The van der Waals surface area contributed by atoms with Gasteiger partial charge in [-0.15, -0.1) is 11.6 Å². The predicted octanol–water partition coefficient (Wildman–Crippen LogP) is 5.07. The van der Waals surface area contributed by atoms with E-state index in [-0.39, 0.29) is 23.7 Å². The van der Waals surface area contributed by atoms with E-state index >= 15 is 0 Å². The zero-order valence-corrected chi connectivity index (χ0v) is 17.9. The molecule has 1 fully saturated rings. The number of carbonyl (C=O) groups excluding carboxylic acids is 1. The van der Waals surface area contributed by atoms with E-state index in [4.69, 9.17) is 26.2 Å². The number of hydrazone groups is 1. The molecule has 2 unspecified atom stereocenters. The van der Waals surface area contributed by atoms with Crippen molar-refractivity contribution >= 4 is 29.3 Å². The molecule has 1 amide bonds. The highest BCUT2D eigenvalue weighted by Gasteiger charge is 2.43. The van der Waals surface area contributed by atoms with Gasteiger partial charge in [0.2, 0.25) is 0 Å². The second-order valence-electron chi connectivity index (χ2n) is 7.52. The number of halogens is 1. The molecule has 1 saturated carbocycles. The topological polar surface area (TPSA) is 51.1 Å². The summed E-state index contributed by atoms with van der Waals surface area (Å²) in [6.07, 6.45) is 5.16. The Bertz CT molecular complexity index is 967. The quantitative estimate of drug-likeness (QED) is 0.630. The molecule has 0 aromatic heterocycles. The maximum atomic E-state index is 12.6. The van der Waals surface area contributed by atoms with E-state index in [1.165, 1.54) is 5.57 Å². The Morgan fingerprint density at radius 2 is 1.73 bits per heavy atom. The van der Waals surface area contributed by atoms with Crippen LogP contribution in [-0.2, 0) is 4.79 Å². The van der Waals surface area contributed by atoms with E-state index in [1.807, 2.05) is 48.5 Å². The molecule has 0 N–H and O–H groups in total. The van der Waals surface area contributed by atoms with Crippen LogP contribution in [0.3, 0.4) is 0 Å². The van der Waals surface area contributed by atoms with Gasteiger partial charge in [0, 0.05) is 5.92 Å². The summed E-state index contributed by atoms with van der Waals surface area (Å²) in [6, 6.07) is 15.7. The molecule has 1 heterocycles. The van der Waals surface area contributed by atoms with Gasteiger partial charge in [-0.25, -0.2) is 5.01 Å². The van der Waals surface area contributed by atoms with Crippen LogP contribution in [0.2, 0.25) is 0 Å². The van der Waals surface area contributed by atoms with E-state index in [0.29, 0.717) is 0 Å². The van der Waals surface area contributed by atoms with Gasteiger partial charge in [0.15, 0.2) is 0 Å². The fraction of sp³-hybridized carbons (Fsp3) is 0.333. The summed E-state index contributed by atoms with van der Waals surface area (Å²) in [4.78, 5) is 12.6. The molecule has 0 radical (unpaired) electrons. The molecule has 2 atom stereocenters. The van der Waals surface area contributed by atoms with Crippen molar-refractivity contribution in [3.05, 3.63) is 65.2 Å². The molecule has 0 saturated heterocycles. The number of hydrogen-bond donors (Lipinski definition) is 0. The van der Waals surface area contributed by atoms with Gasteiger partial charge in [-0.3, -0.25) is 4.79 Å². The number of allylic oxidation sites excluding steroid dienone is 1. The Balaban J connectivity index is 1.69. The Morgan fingerprint density at radius 1 is 1.10 bits per heavy atom. The molecule has 0 spiro atoms. The second kappa shape index (κ2) is 8.92. The molecule has 156 valence electrons. The molecule has 2 aromatic carbocycles. The zero-order chi connectivity index (χ0) is 21.1. The molecular formula is C24H25ClN2O3. The lowest BCUT2D eigenvalue weighted by Crippen LogP contribution is -2.32. The van der Waals surface area contributed by atoms with Crippen LogP contribution in [-0.4, -0.2) is 36.7 Å². The first-order valence-corrected chi connectivity index (χ1v) is 10.6. The van der Waals surface area contributed by atoms with E-state index in [1.54, 1.807) is 19.2 Å². The minimum absolute atomic E-state index is 0.0896. The highest BCUT2D eigenvalue weighted by Crippen LogP contribution is 2.44. The van der Waals surface area contributed by atoms with Crippen molar-refractivity contribution in [2.24, 2.45) is 11.0 Å². The first-order chi connectivity index (χ1) is 14.6. The third-order valence-electron chi connectivity index (χ3n) is 5.79. The number of ether oxygens (including phenoxy) is 2. The maximum absolute atomic E-state index is 12.6. The van der Waals surface area contributed by atoms with E-state index in [0.717, 1.165) is 47.6 Å². The van der Waals surface area contributed by atoms with Crippen LogP contribution in [0.5, 0.6) is 11.5 Å². The molecule has 30 heavy (non-hydrogen) atoms. The van der Waals surface area contributed by atoms with Gasteiger partial charge in [-0.05, 0) is 66.3 Å². The summed E-state index contributed by atoms with van der Waals surface area (Å²) in [6.45, 7) is 0. The van der Waals surface area contributed by atoms with Crippen LogP contribution in [0, 0.1) is 5.92 Å². The molecule has 0 bridgehead atoms. The Labute approximate surface area is 181 Å².